The molecule has 0 saturated carbocycles. The largest absolute Gasteiger partial charge is 0.320 e. The van der Waals surface area contributed by atoms with Crippen molar-refractivity contribution in [3.8, 4) is 0 Å². The van der Waals surface area contributed by atoms with Crippen LogP contribution in [-0.4, -0.2) is 27.8 Å². The Labute approximate surface area is 137 Å². The van der Waals surface area contributed by atoms with Gasteiger partial charge >= 0.3 is 0 Å². The van der Waals surface area contributed by atoms with Crippen molar-refractivity contribution in [3.05, 3.63) is 16.1 Å². The summed E-state index contributed by atoms with van der Waals surface area (Å²) in [5, 5.41) is 3.53. The number of hydrogen-bond donors (Lipinski definition) is 2. The molecule has 0 fully saturated rings. The molecule has 1 aliphatic rings. The number of hydrogen-bond acceptors (Lipinski definition) is 5. The number of rotatable bonds is 7. The predicted molar refractivity (Wildman–Crippen MR) is 88.6 cm³/mol. The van der Waals surface area contributed by atoms with E-state index in [1.165, 1.54) is 6.07 Å². The molecule has 10 heteroatoms. The molecule has 21 heavy (non-hydrogen) atoms. The molecule has 1 aromatic carbocycles. The summed E-state index contributed by atoms with van der Waals surface area (Å²) in [6.45, 7) is 0.775. The van der Waals surface area contributed by atoms with Gasteiger partial charge in [-0.15, -0.1) is 0 Å². The summed E-state index contributed by atoms with van der Waals surface area (Å²) in [6.07, 6.45) is 1.33. The van der Waals surface area contributed by atoms with Gasteiger partial charge in [-0.25, -0.2) is 8.42 Å². The maximum absolute atomic E-state index is 12.1. The Kier molecular flexibility index (Phi) is 5.61. The topological polar surface area (TPSA) is 82.9 Å². The van der Waals surface area contributed by atoms with Crippen LogP contribution in [0.1, 0.15) is 12.8 Å². The quantitative estimate of drug-likeness (QED) is 0.733. The standard InChI is InChI=1S/C11H14Cl2N4O2S2/c1-14-4-2-3-5-21(18,19)17-10-8(13)6-7(12)9-11(10)16-20-15-9/h6,14,17H,2-5H2,1H3. The van der Waals surface area contributed by atoms with Crippen LogP contribution in [0, 0.1) is 0 Å². The lowest BCUT2D eigenvalue weighted by Crippen LogP contribution is -2.18. The third kappa shape index (κ3) is 4.17. The second kappa shape index (κ2) is 7.06. The molecular formula is C11H14Cl2N4O2S2. The summed E-state index contributed by atoms with van der Waals surface area (Å²) >= 11 is 13.0. The number of anilines is 1. The molecule has 2 rings (SSSR count). The van der Waals surface area contributed by atoms with Gasteiger partial charge in [0.15, 0.2) is 0 Å². The third-order valence-corrected chi connectivity index (χ3v) is 5.25. The SMILES string of the molecule is CNCCCCS(=O)(=O)Nc1c(Cl)cc(Cl)c2c1N=S=N2. The summed E-state index contributed by atoms with van der Waals surface area (Å²) in [6, 6.07) is 1.46. The molecule has 0 atom stereocenters. The Morgan fingerprint density at radius 2 is 1.90 bits per heavy atom. The van der Waals surface area contributed by atoms with Crippen LogP contribution in [0.25, 0.3) is 0 Å². The van der Waals surface area contributed by atoms with Crippen molar-refractivity contribution >= 4 is 61.6 Å². The zero-order valence-electron chi connectivity index (χ0n) is 11.2. The van der Waals surface area contributed by atoms with Crippen LogP contribution >= 0.6 is 23.2 Å². The third-order valence-electron chi connectivity index (χ3n) is 2.79. The summed E-state index contributed by atoms with van der Waals surface area (Å²) in [7, 11) is -1.66. The Morgan fingerprint density at radius 3 is 2.62 bits per heavy atom. The maximum atomic E-state index is 12.1. The van der Waals surface area contributed by atoms with Crippen LogP contribution in [0.4, 0.5) is 17.1 Å². The van der Waals surface area contributed by atoms with Crippen molar-refractivity contribution in [1.29, 1.82) is 0 Å². The van der Waals surface area contributed by atoms with E-state index in [4.69, 9.17) is 23.2 Å². The Balaban J connectivity index is 2.17. The van der Waals surface area contributed by atoms with Crippen molar-refractivity contribution < 1.29 is 8.42 Å². The fraction of sp³-hybridized carbons (Fsp3) is 0.455. The number of nitrogens with zero attached hydrogens (tertiary/aromatic N) is 2. The van der Waals surface area contributed by atoms with E-state index in [1.54, 1.807) is 0 Å². The van der Waals surface area contributed by atoms with E-state index < -0.39 is 10.0 Å². The summed E-state index contributed by atoms with van der Waals surface area (Å²) in [4.78, 5) is 0. The molecule has 0 amide bonds. The highest BCUT2D eigenvalue weighted by molar-refractivity contribution is 7.92. The minimum Gasteiger partial charge on any atom is -0.320 e. The first-order valence-electron chi connectivity index (χ1n) is 6.20. The fourth-order valence-corrected chi connectivity index (χ4v) is 4.19. The van der Waals surface area contributed by atoms with Crippen LogP contribution in [-0.2, 0) is 21.4 Å². The first kappa shape index (κ1) is 16.7. The lowest BCUT2D eigenvalue weighted by Gasteiger charge is -2.12. The normalized spacial score (nSPS) is 13.1. The van der Waals surface area contributed by atoms with E-state index in [-0.39, 0.29) is 16.5 Å². The molecule has 116 valence electrons. The van der Waals surface area contributed by atoms with Crippen LogP contribution in [0.2, 0.25) is 10.0 Å². The predicted octanol–water partition coefficient (Wildman–Crippen LogP) is 3.46. The minimum atomic E-state index is -3.49. The molecule has 0 aromatic heterocycles. The summed E-state index contributed by atoms with van der Waals surface area (Å²) in [5.41, 5.74) is 1.05. The van der Waals surface area contributed by atoms with Crippen molar-refractivity contribution in [2.75, 3.05) is 24.1 Å². The zero-order chi connectivity index (χ0) is 15.5. The minimum absolute atomic E-state index is 0.0205. The van der Waals surface area contributed by atoms with E-state index in [9.17, 15) is 8.42 Å². The molecule has 1 aromatic rings. The van der Waals surface area contributed by atoms with Gasteiger partial charge in [0, 0.05) is 0 Å². The number of sulfonamides is 1. The van der Waals surface area contributed by atoms with E-state index >= 15 is 0 Å². The molecule has 0 spiro atoms. The molecule has 0 unspecified atom stereocenters. The Hall–Kier alpha value is -0.670. The number of halogens is 2. The van der Waals surface area contributed by atoms with E-state index in [0.29, 0.717) is 22.8 Å². The lowest BCUT2D eigenvalue weighted by atomic mass is 10.2. The van der Waals surface area contributed by atoms with E-state index in [1.807, 2.05) is 7.05 Å². The fourth-order valence-electron chi connectivity index (χ4n) is 1.77. The second-order valence-electron chi connectivity index (χ2n) is 4.41. The number of benzene rings is 1. The van der Waals surface area contributed by atoms with Gasteiger partial charge in [-0.05, 0) is 32.5 Å². The van der Waals surface area contributed by atoms with Gasteiger partial charge in [-0.2, -0.15) is 8.73 Å². The van der Waals surface area contributed by atoms with Gasteiger partial charge in [0.05, 0.1) is 32.8 Å². The van der Waals surface area contributed by atoms with Gasteiger partial charge in [0.1, 0.15) is 11.4 Å². The van der Waals surface area contributed by atoms with Gasteiger partial charge in [0.25, 0.3) is 0 Å². The monoisotopic (exact) mass is 368 g/mol. The van der Waals surface area contributed by atoms with Gasteiger partial charge in [0.2, 0.25) is 10.0 Å². The zero-order valence-corrected chi connectivity index (χ0v) is 14.3. The van der Waals surface area contributed by atoms with E-state index in [0.717, 1.165) is 24.3 Å². The number of fused-ring (bicyclic) bond motifs is 1. The molecule has 0 saturated heterocycles. The molecule has 6 nitrogen and oxygen atoms in total. The highest BCUT2D eigenvalue weighted by atomic mass is 35.5. The van der Waals surface area contributed by atoms with Crippen molar-refractivity contribution in [1.82, 2.24) is 5.32 Å². The van der Waals surface area contributed by atoms with Crippen LogP contribution < -0.4 is 10.0 Å². The van der Waals surface area contributed by atoms with E-state index in [2.05, 4.69) is 18.8 Å². The first-order valence-corrected chi connectivity index (χ1v) is 9.34. The summed E-state index contributed by atoms with van der Waals surface area (Å²) in [5.74, 6) is 0.0205. The maximum Gasteiger partial charge on any atom is 0.232 e. The molecule has 1 heterocycles. The average molecular weight is 369 g/mol. The molecule has 0 bridgehead atoms. The first-order chi connectivity index (χ1) is 9.94. The smallest absolute Gasteiger partial charge is 0.232 e. The van der Waals surface area contributed by atoms with Gasteiger partial charge in [-0.1, -0.05) is 23.2 Å². The Morgan fingerprint density at radius 1 is 1.19 bits per heavy atom. The summed E-state index contributed by atoms with van der Waals surface area (Å²) < 4.78 is 34.8. The number of unbranched alkanes of at least 4 members (excludes halogenated alkanes) is 1. The van der Waals surface area contributed by atoms with Crippen molar-refractivity contribution in [3.63, 3.8) is 0 Å². The molecule has 1 aliphatic heterocycles. The number of nitrogens with one attached hydrogen (secondary N) is 2. The van der Waals surface area contributed by atoms with Gasteiger partial charge < -0.3 is 5.32 Å². The lowest BCUT2D eigenvalue weighted by molar-refractivity contribution is 0.595. The Bertz CT molecular complexity index is 715. The molecule has 0 aliphatic carbocycles. The highest BCUT2D eigenvalue weighted by Crippen LogP contribution is 2.47. The average Bonchev–Trinajstić information content (AvgIpc) is 2.89. The molecular weight excluding hydrogens is 355 g/mol. The van der Waals surface area contributed by atoms with Crippen LogP contribution in [0.3, 0.4) is 0 Å². The highest BCUT2D eigenvalue weighted by Gasteiger charge is 2.22. The van der Waals surface area contributed by atoms with Gasteiger partial charge in [-0.3, -0.25) is 4.72 Å². The molecule has 2 N–H and O–H groups in total. The van der Waals surface area contributed by atoms with Crippen molar-refractivity contribution in [2.45, 2.75) is 12.8 Å². The van der Waals surface area contributed by atoms with Crippen molar-refractivity contribution in [2.24, 2.45) is 8.73 Å². The van der Waals surface area contributed by atoms with Crippen LogP contribution in [0.15, 0.2) is 14.8 Å². The molecule has 0 radical (unpaired) electrons. The van der Waals surface area contributed by atoms with Crippen LogP contribution in [0.5, 0.6) is 0 Å². The second-order valence-corrected chi connectivity index (χ2v) is 7.59.